The van der Waals surface area contributed by atoms with E-state index in [2.05, 4.69) is 10.6 Å². The van der Waals surface area contributed by atoms with Gasteiger partial charge in [-0.1, -0.05) is 18.5 Å². The van der Waals surface area contributed by atoms with E-state index in [1.165, 1.54) is 13.2 Å². The Morgan fingerprint density at radius 1 is 1.35 bits per heavy atom. The Bertz CT molecular complexity index is 744. The van der Waals surface area contributed by atoms with Gasteiger partial charge in [0.15, 0.2) is 5.81 Å². The van der Waals surface area contributed by atoms with Crippen LogP contribution in [0, 0.1) is 5.92 Å². The number of carbonyl (C=O) groups excluding carboxylic acids is 2. The molecular formula is C21H34BClN4O4. The van der Waals surface area contributed by atoms with Crippen molar-refractivity contribution in [3.8, 4) is 5.75 Å². The molecule has 1 fully saturated rings. The number of hydrogen-bond acceptors (Lipinski definition) is 6. The number of nitrogens with zero attached hydrogens (tertiary/aromatic N) is 1. The number of piperidine rings is 1. The summed E-state index contributed by atoms with van der Waals surface area (Å²) in [6, 6.07) is 3.05. The number of nitrogens with one attached hydrogen (secondary N) is 2. The minimum atomic E-state index is -0.282. The normalized spacial score (nSPS) is 15.5. The van der Waals surface area contributed by atoms with Crippen LogP contribution in [0.1, 0.15) is 36.5 Å². The Labute approximate surface area is 190 Å². The lowest BCUT2D eigenvalue weighted by Crippen LogP contribution is -2.40. The maximum absolute atomic E-state index is 12.5. The van der Waals surface area contributed by atoms with Crippen LogP contribution in [0.2, 0.25) is 5.02 Å². The molecule has 4 N–H and O–H groups in total. The summed E-state index contributed by atoms with van der Waals surface area (Å²) >= 11 is 6.04. The van der Waals surface area contributed by atoms with Crippen LogP contribution in [0.4, 0.5) is 10.5 Å². The summed E-state index contributed by atoms with van der Waals surface area (Å²) in [5.41, 5.74) is 6.47. The van der Waals surface area contributed by atoms with E-state index in [0.717, 1.165) is 45.4 Å². The highest BCUT2D eigenvalue weighted by molar-refractivity contribution is 6.56. The largest absolute Gasteiger partial charge is 0.496 e. The van der Waals surface area contributed by atoms with Gasteiger partial charge >= 0.3 is 0 Å². The summed E-state index contributed by atoms with van der Waals surface area (Å²) in [5.74, 6) is 0.858. The monoisotopic (exact) mass is 452 g/mol. The van der Waals surface area contributed by atoms with E-state index in [0.29, 0.717) is 41.1 Å². The van der Waals surface area contributed by atoms with E-state index >= 15 is 0 Å². The molecule has 0 saturated carbocycles. The Kier molecular flexibility index (Phi) is 10.4. The summed E-state index contributed by atoms with van der Waals surface area (Å²) in [6.07, 6.45) is 2.77. The van der Waals surface area contributed by atoms with Gasteiger partial charge in [-0.25, -0.2) is 0 Å². The van der Waals surface area contributed by atoms with Crippen molar-refractivity contribution >= 4 is 36.8 Å². The topological polar surface area (TPSA) is 106 Å². The fourth-order valence-electron chi connectivity index (χ4n) is 3.59. The standard InChI is InChI=1S/C21H34BClN4O4/c1-3-15(13-26-20(28)16-10-17(23)18(24)11-19(16)30-2)31-9-6-25-12-14-4-7-27(8-5-14)21(22)29/h10-11,14-15,25H,3-9,12-13,22,24H2,1-2H3,(H,26,28)/t15-/m1/s1. The van der Waals surface area contributed by atoms with Crippen molar-refractivity contribution in [3.05, 3.63) is 22.7 Å². The van der Waals surface area contributed by atoms with Crippen LogP contribution in [0.3, 0.4) is 0 Å². The third-order valence-corrected chi connectivity index (χ3v) is 5.96. The number of nitrogens with two attached hydrogens (primary N) is 1. The second kappa shape index (κ2) is 12.8. The smallest absolute Gasteiger partial charge is 0.255 e. The Morgan fingerprint density at radius 2 is 2.06 bits per heavy atom. The van der Waals surface area contributed by atoms with Crippen LogP contribution in [-0.4, -0.2) is 77.0 Å². The van der Waals surface area contributed by atoms with Crippen LogP contribution >= 0.6 is 11.6 Å². The molecule has 2 amide bonds. The first-order valence-corrected chi connectivity index (χ1v) is 11.2. The van der Waals surface area contributed by atoms with Crippen molar-refractivity contribution in [2.45, 2.75) is 32.3 Å². The number of carbonyl (C=O) groups is 2. The fourth-order valence-corrected chi connectivity index (χ4v) is 3.76. The van der Waals surface area contributed by atoms with Gasteiger partial charge in [0, 0.05) is 32.2 Å². The highest BCUT2D eigenvalue weighted by Gasteiger charge is 2.20. The first-order valence-electron chi connectivity index (χ1n) is 10.8. The van der Waals surface area contributed by atoms with Gasteiger partial charge in [-0.05, 0) is 37.8 Å². The molecule has 1 saturated heterocycles. The van der Waals surface area contributed by atoms with Crippen molar-refractivity contribution in [3.63, 3.8) is 0 Å². The van der Waals surface area contributed by atoms with Gasteiger partial charge in [0.1, 0.15) is 5.75 Å². The molecule has 31 heavy (non-hydrogen) atoms. The average molecular weight is 453 g/mol. The molecule has 0 spiro atoms. The van der Waals surface area contributed by atoms with Gasteiger partial charge < -0.3 is 30.7 Å². The minimum Gasteiger partial charge on any atom is -0.496 e. The number of benzene rings is 1. The van der Waals surface area contributed by atoms with E-state index in [9.17, 15) is 9.59 Å². The Morgan fingerprint density at radius 3 is 2.68 bits per heavy atom. The number of amides is 2. The van der Waals surface area contributed by atoms with Crippen LogP contribution in [0.5, 0.6) is 5.75 Å². The molecule has 172 valence electrons. The average Bonchev–Trinajstić information content (AvgIpc) is 2.77. The summed E-state index contributed by atoms with van der Waals surface area (Å²) in [5, 5.41) is 6.63. The van der Waals surface area contributed by atoms with Crippen LogP contribution < -0.4 is 21.1 Å². The number of hydrogen-bond donors (Lipinski definition) is 3. The third kappa shape index (κ3) is 7.90. The predicted molar refractivity (Wildman–Crippen MR) is 126 cm³/mol. The fraction of sp³-hybridized carbons (Fsp3) is 0.619. The molecule has 8 nitrogen and oxygen atoms in total. The minimum absolute atomic E-state index is 0.0835. The predicted octanol–water partition coefficient (Wildman–Crippen LogP) is 1.51. The number of rotatable bonds is 11. The molecule has 0 bridgehead atoms. The molecule has 1 atom stereocenters. The molecule has 1 aromatic carbocycles. The molecule has 0 aliphatic carbocycles. The maximum Gasteiger partial charge on any atom is 0.255 e. The number of methoxy groups -OCH3 is 1. The van der Waals surface area contributed by atoms with Crippen molar-refractivity contribution in [2.24, 2.45) is 5.92 Å². The van der Waals surface area contributed by atoms with E-state index in [-0.39, 0.29) is 17.8 Å². The first-order chi connectivity index (χ1) is 14.8. The van der Waals surface area contributed by atoms with Crippen molar-refractivity contribution in [2.75, 3.05) is 52.2 Å². The number of ether oxygens (including phenoxy) is 2. The molecule has 1 aromatic rings. The summed E-state index contributed by atoms with van der Waals surface area (Å²) < 4.78 is 11.1. The molecule has 0 radical (unpaired) electrons. The Balaban J connectivity index is 1.67. The van der Waals surface area contributed by atoms with Crippen molar-refractivity contribution in [1.29, 1.82) is 0 Å². The molecule has 1 aliphatic heterocycles. The summed E-state index contributed by atoms with van der Waals surface area (Å²) in [7, 11) is 3.11. The number of nitrogen functional groups attached to an aromatic ring is 1. The van der Waals surface area contributed by atoms with Gasteiger partial charge in [0.2, 0.25) is 7.85 Å². The second-order valence-corrected chi connectivity index (χ2v) is 8.25. The quantitative estimate of drug-likeness (QED) is 0.267. The summed E-state index contributed by atoms with van der Waals surface area (Å²) in [6.45, 7) is 6.36. The SMILES string of the molecule is BC(=O)N1CCC(CNCCO[C@H](CC)CNC(=O)c2cc(Cl)c(N)cc2OC)CC1. The third-order valence-electron chi connectivity index (χ3n) is 5.63. The molecule has 0 unspecified atom stereocenters. The molecule has 0 aromatic heterocycles. The lowest BCUT2D eigenvalue weighted by atomic mass is 9.95. The molecule has 1 aliphatic rings. The van der Waals surface area contributed by atoms with Crippen LogP contribution in [0.15, 0.2) is 12.1 Å². The second-order valence-electron chi connectivity index (χ2n) is 7.84. The highest BCUT2D eigenvalue weighted by atomic mass is 35.5. The molecule has 2 rings (SSSR count). The zero-order chi connectivity index (χ0) is 22.8. The van der Waals surface area contributed by atoms with Crippen LogP contribution in [-0.2, 0) is 4.74 Å². The zero-order valence-electron chi connectivity index (χ0n) is 18.7. The molecule has 10 heteroatoms. The zero-order valence-corrected chi connectivity index (χ0v) is 19.5. The van der Waals surface area contributed by atoms with Crippen molar-refractivity contribution < 1.29 is 19.1 Å². The summed E-state index contributed by atoms with van der Waals surface area (Å²) in [4.78, 5) is 25.8. The van der Waals surface area contributed by atoms with E-state index in [4.69, 9.17) is 26.8 Å². The number of likely N-dealkylation sites (tertiary alicyclic amines) is 1. The lowest BCUT2D eigenvalue weighted by Gasteiger charge is -2.31. The first kappa shape index (κ1) is 25.3. The molecule has 1 heterocycles. The van der Waals surface area contributed by atoms with E-state index in [1.54, 1.807) is 13.9 Å². The van der Waals surface area contributed by atoms with E-state index < -0.39 is 0 Å². The van der Waals surface area contributed by atoms with Gasteiger partial charge in [-0.3, -0.25) is 9.59 Å². The number of halogens is 1. The van der Waals surface area contributed by atoms with Gasteiger partial charge in [-0.2, -0.15) is 0 Å². The van der Waals surface area contributed by atoms with Crippen molar-refractivity contribution in [1.82, 2.24) is 15.5 Å². The number of anilines is 1. The Hall–Kier alpha value is -1.97. The van der Waals surface area contributed by atoms with Gasteiger partial charge in [0.05, 0.1) is 36.1 Å². The van der Waals surface area contributed by atoms with Crippen LogP contribution in [0.25, 0.3) is 0 Å². The van der Waals surface area contributed by atoms with Gasteiger partial charge in [0.25, 0.3) is 5.91 Å². The highest BCUT2D eigenvalue weighted by Crippen LogP contribution is 2.28. The maximum atomic E-state index is 12.5. The van der Waals surface area contributed by atoms with Gasteiger partial charge in [-0.15, -0.1) is 0 Å². The molecular weight excluding hydrogens is 419 g/mol. The lowest BCUT2D eigenvalue weighted by molar-refractivity contribution is 0.0497. The van der Waals surface area contributed by atoms with E-state index in [1.807, 2.05) is 11.8 Å².